The molecular weight excluding hydrogens is 394 g/mol. The number of aldehydes is 1. The van der Waals surface area contributed by atoms with Crippen LogP contribution in [0.25, 0.3) is 0 Å². The Morgan fingerprint density at radius 2 is 1.93 bits per heavy atom. The number of hydrogen-bond acceptors (Lipinski definition) is 4. The first-order valence-electron chi connectivity index (χ1n) is 9.10. The molecule has 29 heavy (non-hydrogen) atoms. The lowest BCUT2D eigenvalue weighted by molar-refractivity contribution is -0.123. The SMILES string of the molecule is NC(=O)C(CCC=O)N1Cc2cc(NC(=O)Cc3ccc(Cl)cc3)ccc2C1=O. The maximum absolute atomic E-state index is 12.6. The molecule has 0 aromatic heterocycles. The lowest BCUT2D eigenvalue weighted by Gasteiger charge is -2.24. The Hall–Kier alpha value is -3.19. The van der Waals surface area contributed by atoms with Crippen molar-refractivity contribution in [3.05, 3.63) is 64.2 Å². The van der Waals surface area contributed by atoms with Crippen molar-refractivity contribution in [2.24, 2.45) is 5.73 Å². The predicted octanol–water partition coefficient (Wildman–Crippen LogP) is 2.31. The third-order valence-corrected chi connectivity index (χ3v) is 5.01. The first kappa shape index (κ1) is 20.5. The van der Waals surface area contributed by atoms with E-state index < -0.39 is 11.9 Å². The number of carbonyl (C=O) groups excluding carboxylic acids is 4. The molecule has 0 saturated carbocycles. The zero-order chi connectivity index (χ0) is 21.0. The van der Waals surface area contributed by atoms with Crippen molar-refractivity contribution < 1.29 is 19.2 Å². The van der Waals surface area contributed by atoms with Crippen molar-refractivity contribution in [1.82, 2.24) is 4.90 Å². The van der Waals surface area contributed by atoms with E-state index in [0.717, 1.165) is 5.56 Å². The average molecular weight is 414 g/mol. The fraction of sp³-hybridized carbons (Fsp3) is 0.238. The minimum Gasteiger partial charge on any atom is -0.368 e. The van der Waals surface area contributed by atoms with Crippen molar-refractivity contribution in [3.8, 4) is 0 Å². The summed E-state index contributed by atoms with van der Waals surface area (Å²) in [6.45, 7) is 0.196. The van der Waals surface area contributed by atoms with Crippen molar-refractivity contribution >= 4 is 41.3 Å². The maximum atomic E-state index is 12.6. The van der Waals surface area contributed by atoms with E-state index in [-0.39, 0.29) is 37.6 Å². The molecule has 2 aromatic rings. The summed E-state index contributed by atoms with van der Waals surface area (Å²) in [5, 5.41) is 3.41. The lowest BCUT2D eigenvalue weighted by atomic mass is 10.1. The van der Waals surface area contributed by atoms with Gasteiger partial charge in [-0.05, 0) is 47.9 Å². The number of hydrogen-bond donors (Lipinski definition) is 2. The molecule has 1 unspecified atom stereocenters. The van der Waals surface area contributed by atoms with Crippen LogP contribution in [0.3, 0.4) is 0 Å². The molecule has 1 aliphatic heterocycles. The van der Waals surface area contributed by atoms with E-state index in [9.17, 15) is 19.2 Å². The number of primary amides is 1. The molecule has 3 amide bonds. The van der Waals surface area contributed by atoms with Gasteiger partial charge in [0, 0.05) is 29.2 Å². The Bertz CT molecular complexity index is 959. The number of fused-ring (bicyclic) bond motifs is 1. The van der Waals surface area contributed by atoms with Crippen LogP contribution in [0.1, 0.15) is 34.3 Å². The van der Waals surface area contributed by atoms with E-state index in [0.29, 0.717) is 28.1 Å². The summed E-state index contributed by atoms with van der Waals surface area (Å²) < 4.78 is 0. The topological polar surface area (TPSA) is 110 Å². The molecule has 0 bridgehead atoms. The first-order valence-corrected chi connectivity index (χ1v) is 9.48. The Morgan fingerprint density at radius 3 is 2.59 bits per heavy atom. The normalized spacial score (nSPS) is 13.7. The number of carbonyl (C=O) groups is 4. The van der Waals surface area contributed by atoms with Gasteiger partial charge >= 0.3 is 0 Å². The molecule has 7 nitrogen and oxygen atoms in total. The zero-order valence-electron chi connectivity index (χ0n) is 15.6. The van der Waals surface area contributed by atoms with Crippen molar-refractivity contribution in [1.29, 1.82) is 0 Å². The Labute approximate surface area is 172 Å². The van der Waals surface area contributed by atoms with Gasteiger partial charge in [-0.25, -0.2) is 0 Å². The van der Waals surface area contributed by atoms with Crippen molar-refractivity contribution in [3.63, 3.8) is 0 Å². The molecule has 0 saturated heterocycles. The third-order valence-electron chi connectivity index (χ3n) is 4.76. The zero-order valence-corrected chi connectivity index (χ0v) is 16.3. The quantitative estimate of drug-likeness (QED) is 0.647. The molecule has 1 heterocycles. The summed E-state index contributed by atoms with van der Waals surface area (Å²) in [4.78, 5) is 48.7. The van der Waals surface area contributed by atoms with Crippen LogP contribution < -0.4 is 11.1 Å². The second kappa shape index (κ2) is 8.87. The molecule has 150 valence electrons. The summed E-state index contributed by atoms with van der Waals surface area (Å²) in [5.41, 5.74) is 7.95. The van der Waals surface area contributed by atoms with Crippen LogP contribution in [0, 0.1) is 0 Å². The molecule has 2 aromatic carbocycles. The summed E-state index contributed by atoms with van der Waals surface area (Å²) in [6, 6.07) is 11.1. The van der Waals surface area contributed by atoms with Crippen LogP contribution in [0.4, 0.5) is 5.69 Å². The van der Waals surface area contributed by atoms with Gasteiger partial charge in [-0.1, -0.05) is 23.7 Å². The van der Waals surface area contributed by atoms with Crippen LogP contribution in [0.5, 0.6) is 0 Å². The monoisotopic (exact) mass is 413 g/mol. The molecule has 3 N–H and O–H groups in total. The number of amides is 3. The Balaban J connectivity index is 1.70. The van der Waals surface area contributed by atoms with E-state index in [4.69, 9.17) is 17.3 Å². The van der Waals surface area contributed by atoms with Gasteiger partial charge in [-0.3, -0.25) is 14.4 Å². The fourth-order valence-corrected chi connectivity index (χ4v) is 3.47. The molecule has 8 heteroatoms. The first-order chi connectivity index (χ1) is 13.9. The van der Waals surface area contributed by atoms with Crippen LogP contribution in [-0.4, -0.2) is 34.9 Å². The highest BCUT2D eigenvalue weighted by Gasteiger charge is 2.35. The molecule has 0 fully saturated rings. The van der Waals surface area contributed by atoms with Crippen LogP contribution in [0.15, 0.2) is 42.5 Å². The van der Waals surface area contributed by atoms with Gasteiger partial charge in [0.05, 0.1) is 6.42 Å². The Kier molecular flexibility index (Phi) is 6.29. The number of halogens is 1. The minimum atomic E-state index is -0.844. The smallest absolute Gasteiger partial charge is 0.255 e. The molecule has 0 spiro atoms. The average Bonchev–Trinajstić information content (AvgIpc) is 2.99. The standard InChI is InChI=1S/C21H20ClN3O4/c22-15-5-3-13(4-6-15)10-19(27)24-16-7-8-17-14(11-16)12-25(21(17)29)18(20(23)28)2-1-9-26/h3-9,11,18H,1-2,10,12H2,(H2,23,28)(H,24,27). The van der Waals surface area contributed by atoms with Crippen molar-refractivity contribution in [2.75, 3.05) is 5.32 Å². The Morgan fingerprint density at radius 1 is 1.21 bits per heavy atom. The highest BCUT2D eigenvalue weighted by atomic mass is 35.5. The number of nitrogens with two attached hydrogens (primary N) is 1. The second-order valence-electron chi connectivity index (χ2n) is 6.82. The number of anilines is 1. The van der Waals surface area contributed by atoms with Gasteiger partial charge in [0.2, 0.25) is 11.8 Å². The highest BCUT2D eigenvalue weighted by molar-refractivity contribution is 6.30. The molecule has 3 rings (SSSR count). The van der Waals surface area contributed by atoms with Crippen molar-refractivity contribution in [2.45, 2.75) is 31.8 Å². The van der Waals surface area contributed by atoms with E-state index in [1.165, 1.54) is 4.90 Å². The van der Waals surface area contributed by atoms with Crippen LogP contribution in [-0.2, 0) is 27.3 Å². The predicted molar refractivity (Wildman–Crippen MR) is 108 cm³/mol. The molecular formula is C21H20ClN3O4. The van der Waals surface area contributed by atoms with E-state index in [1.807, 2.05) is 0 Å². The van der Waals surface area contributed by atoms with Gasteiger partial charge in [-0.15, -0.1) is 0 Å². The molecule has 0 aliphatic carbocycles. The van der Waals surface area contributed by atoms with E-state index in [1.54, 1.807) is 42.5 Å². The summed E-state index contributed by atoms with van der Waals surface area (Å²) in [6.07, 6.45) is 1.20. The number of nitrogens with one attached hydrogen (secondary N) is 1. The number of rotatable bonds is 8. The van der Waals surface area contributed by atoms with Crippen LogP contribution >= 0.6 is 11.6 Å². The largest absolute Gasteiger partial charge is 0.368 e. The second-order valence-corrected chi connectivity index (χ2v) is 7.26. The van der Waals surface area contributed by atoms with Gasteiger partial charge < -0.3 is 20.7 Å². The summed E-state index contributed by atoms with van der Waals surface area (Å²) >= 11 is 5.85. The number of nitrogens with zero attached hydrogens (tertiary/aromatic N) is 1. The van der Waals surface area contributed by atoms with Gasteiger partial charge in [0.1, 0.15) is 12.3 Å². The molecule has 1 atom stereocenters. The highest BCUT2D eigenvalue weighted by Crippen LogP contribution is 2.28. The van der Waals surface area contributed by atoms with Gasteiger partial charge in [-0.2, -0.15) is 0 Å². The summed E-state index contributed by atoms with van der Waals surface area (Å²) in [7, 11) is 0. The molecule has 0 radical (unpaired) electrons. The van der Waals surface area contributed by atoms with E-state index >= 15 is 0 Å². The van der Waals surface area contributed by atoms with Gasteiger partial charge in [0.25, 0.3) is 5.91 Å². The minimum absolute atomic E-state index is 0.139. The number of benzene rings is 2. The van der Waals surface area contributed by atoms with Crippen LogP contribution in [0.2, 0.25) is 5.02 Å². The fourth-order valence-electron chi connectivity index (χ4n) is 3.34. The van der Waals surface area contributed by atoms with Gasteiger partial charge in [0.15, 0.2) is 0 Å². The summed E-state index contributed by atoms with van der Waals surface area (Å²) in [5.74, 6) is -1.16. The molecule has 1 aliphatic rings. The third kappa shape index (κ3) is 4.81. The van der Waals surface area contributed by atoms with E-state index in [2.05, 4.69) is 5.32 Å². The maximum Gasteiger partial charge on any atom is 0.255 e. The lowest BCUT2D eigenvalue weighted by Crippen LogP contribution is -2.44.